The van der Waals surface area contributed by atoms with Gasteiger partial charge in [-0.1, -0.05) is 36.0 Å². The van der Waals surface area contributed by atoms with Gasteiger partial charge in [0.15, 0.2) is 0 Å². The van der Waals surface area contributed by atoms with E-state index in [2.05, 4.69) is 0 Å². The number of amides is 1. The first-order valence-corrected chi connectivity index (χ1v) is 10.6. The molecule has 5 nitrogen and oxygen atoms in total. The van der Waals surface area contributed by atoms with Crippen LogP contribution < -0.4 is 4.31 Å². The Kier molecular flexibility index (Phi) is 6.78. The van der Waals surface area contributed by atoms with E-state index in [1.165, 1.54) is 22.5 Å². The number of likely N-dealkylation sites (tertiary alicyclic amines) is 1. The molecule has 0 saturated carbocycles. The predicted octanol–water partition coefficient (Wildman–Crippen LogP) is 3.55. The molecular formula is C16H22Cl2N2O3S. The number of nitrogens with zero attached hydrogens (tertiary/aromatic N) is 2. The molecule has 1 heterocycles. The van der Waals surface area contributed by atoms with Gasteiger partial charge in [0.05, 0.1) is 11.9 Å². The molecule has 24 heavy (non-hydrogen) atoms. The lowest BCUT2D eigenvalue weighted by molar-refractivity contribution is -0.130. The van der Waals surface area contributed by atoms with Crippen LogP contribution in [0.15, 0.2) is 18.2 Å². The third-order valence-corrected chi connectivity index (χ3v) is 5.65. The number of anilines is 1. The van der Waals surface area contributed by atoms with Gasteiger partial charge in [0, 0.05) is 36.1 Å². The molecule has 1 fully saturated rings. The molecule has 0 atom stereocenters. The fourth-order valence-corrected chi connectivity index (χ4v) is 4.27. The van der Waals surface area contributed by atoms with Crippen molar-refractivity contribution < 1.29 is 13.2 Å². The molecule has 0 unspecified atom stereocenters. The third kappa shape index (κ3) is 5.53. The van der Waals surface area contributed by atoms with Crippen molar-refractivity contribution in [1.29, 1.82) is 0 Å². The maximum Gasteiger partial charge on any atom is 0.232 e. The van der Waals surface area contributed by atoms with Crippen LogP contribution in [0.5, 0.6) is 0 Å². The lowest BCUT2D eigenvalue weighted by Gasteiger charge is -2.25. The van der Waals surface area contributed by atoms with E-state index >= 15 is 0 Å². The highest BCUT2D eigenvalue weighted by atomic mass is 35.5. The van der Waals surface area contributed by atoms with E-state index in [1.807, 2.05) is 4.90 Å². The van der Waals surface area contributed by atoms with Crippen LogP contribution in [-0.2, 0) is 14.8 Å². The summed E-state index contributed by atoms with van der Waals surface area (Å²) in [5.74, 6) is -0.0151. The number of hydrogen-bond acceptors (Lipinski definition) is 3. The molecule has 0 aromatic heterocycles. The van der Waals surface area contributed by atoms with Crippen molar-refractivity contribution in [2.45, 2.75) is 32.1 Å². The molecule has 1 aromatic rings. The Labute approximate surface area is 153 Å². The summed E-state index contributed by atoms with van der Waals surface area (Å²) < 4.78 is 25.4. The van der Waals surface area contributed by atoms with Crippen LogP contribution in [-0.4, -0.2) is 45.1 Å². The van der Waals surface area contributed by atoms with Crippen molar-refractivity contribution in [3.8, 4) is 0 Å². The second-order valence-corrected chi connectivity index (χ2v) is 8.79. The van der Waals surface area contributed by atoms with E-state index in [-0.39, 0.29) is 18.9 Å². The summed E-state index contributed by atoms with van der Waals surface area (Å²) in [5, 5.41) is 0.704. The molecule has 2 rings (SSSR count). The monoisotopic (exact) mass is 392 g/mol. The van der Waals surface area contributed by atoms with Gasteiger partial charge in [0.2, 0.25) is 15.9 Å². The minimum Gasteiger partial charge on any atom is -0.343 e. The van der Waals surface area contributed by atoms with Gasteiger partial charge >= 0.3 is 0 Å². The summed E-state index contributed by atoms with van der Waals surface area (Å²) in [6.07, 6.45) is 5.53. The van der Waals surface area contributed by atoms with Gasteiger partial charge in [-0.05, 0) is 31.0 Å². The molecule has 0 aliphatic carbocycles. The zero-order valence-electron chi connectivity index (χ0n) is 13.7. The molecule has 1 saturated heterocycles. The zero-order valence-corrected chi connectivity index (χ0v) is 16.0. The summed E-state index contributed by atoms with van der Waals surface area (Å²) >= 11 is 11.9. The van der Waals surface area contributed by atoms with Crippen LogP contribution in [0.3, 0.4) is 0 Å². The molecule has 8 heteroatoms. The first-order chi connectivity index (χ1) is 11.3. The number of halogens is 2. The Hall–Kier alpha value is -0.980. The summed E-state index contributed by atoms with van der Waals surface area (Å²) in [5.41, 5.74) is 0.374. The molecule has 0 bridgehead atoms. The van der Waals surface area contributed by atoms with Crippen LogP contribution in [0.1, 0.15) is 32.1 Å². The second-order valence-electron chi connectivity index (χ2n) is 6.01. The molecular weight excluding hydrogens is 371 g/mol. The smallest absolute Gasteiger partial charge is 0.232 e. The predicted molar refractivity (Wildman–Crippen MR) is 98.3 cm³/mol. The largest absolute Gasteiger partial charge is 0.343 e. The first-order valence-electron chi connectivity index (χ1n) is 7.99. The lowest BCUT2D eigenvalue weighted by Crippen LogP contribution is -2.37. The third-order valence-electron chi connectivity index (χ3n) is 4.02. The highest BCUT2D eigenvalue weighted by molar-refractivity contribution is 7.92. The normalized spacial score (nSPS) is 15.9. The van der Waals surface area contributed by atoms with Crippen molar-refractivity contribution in [1.82, 2.24) is 4.90 Å². The molecule has 134 valence electrons. The summed E-state index contributed by atoms with van der Waals surface area (Å²) in [7, 11) is -3.54. The Morgan fingerprint density at radius 2 is 1.62 bits per heavy atom. The Balaban J connectivity index is 2.11. The number of rotatable bonds is 5. The van der Waals surface area contributed by atoms with Crippen molar-refractivity contribution in [3.05, 3.63) is 28.2 Å². The maximum atomic E-state index is 12.4. The van der Waals surface area contributed by atoms with Crippen LogP contribution in [0.4, 0.5) is 5.69 Å². The quantitative estimate of drug-likeness (QED) is 0.769. The molecule has 1 aliphatic heterocycles. The fraction of sp³-hybridized carbons (Fsp3) is 0.562. The number of carbonyl (C=O) groups excluding carboxylic acids is 1. The molecule has 1 aliphatic rings. The van der Waals surface area contributed by atoms with Crippen molar-refractivity contribution in [2.24, 2.45) is 0 Å². The van der Waals surface area contributed by atoms with E-state index < -0.39 is 10.0 Å². The van der Waals surface area contributed by atoms with Crippen molar-refractivity contribution in [3.63, 3.8) is 0 Å². The van der Waals surface area contributed by atoms with Gasteiger partial charge < -0.3 is 4.90 Å². The van der Waals surface area contributed by atoms with Crippen molar-refractivity contribution >= 4 is 44.8 Å². The fourth-order valence-electron chi connectivity index (χ4n) is 2.85. The topological polar surface area (TPSA) is 57.7 Å². The number of carbonyl (C=O) groups is 1. The highest BCUT2D eigenvalue weighted by Gasteiger charge is 2.22. The number of sulfonamides is 1. The van der Waals surface area contributed by atoms with E-state index in [0.717, 1.165) is 45.0 Å². The Bertz CT molecular complexity index is 666. The van der Waals surface area contributed by atoms with E-state index in [4.69, 9.17) is 23.2 Å². The van der Waals surface area contributed by atoms with Crippen molar-refractivity contribution in [2.75, 3.05) is 30.2 Å². The van der Waals surface area contributed by atoms with Gasteiger partial charge in [-0.25, -0.2) is 8.42 Å². The van der Waals surface area contributed by atoms with Crippen LogP contribution in [0.2, 0.25) is 10.0 Å². The molecule has 0 N–H and O–H groups in total. The molecule has 1 aromatic carbocycles. The maximum absolute atomic E-state index is 12.4. The molecule has 1 amide bonds. The van der Waals surface area contributed by atoms with Gasteiger partial charge in [0.25, 0.3) is 0 Å². The van der Waals surface area contributed by atoms with Crippen LogP contribution in [0, 0.1) is 0 Å². The van der Waals surface area contributed by atoms with Gasteiger partial charge in [-0.2, -0.15) is 0 Å². The summed E-state index contributed by atoms with van der Waals surface area (Å²) in [6.45, 7) is 1.58. The number of hydrogen-bond donors (Lipinski definition) is 0. The molecule has 0 radical (unpaired) electrons. The minimum atomic E-state index is -3.54. The standard InChI is InChI=1S/C16H22Cl2N2O3S/c1-24(22,23)20(15-11-13(17)10-14(18)12-15)9-6-16(21)19-7-4-2-3-5-8-19/h10-12H,2-9H2,1H3. The van der Waals surface area contributed by atoms with Crippen LogP contribution in [0.25, 0.3) is 0 Å². The summed E-state index contributed by atoms with van der Waals surface area (Å²) in [6, 6.07) is 4.60. The SMILES string of the molecule is CS(=O)(=O)N(CCC(=O)N1CCCCCC1)c1cc(Cl)cc(Cl)c1. The zero-order chi connectivity index (χ0) is 17.7. The van der Waals surface area contributed by atoms with E-state index in [1.54, 1.807) is 0 Å². The van der Waals surface area contributed by atoms with Gasteiger partial charge in [0.1, 0.15) is 0 Å². The Morgan fingerprint density at radius 1 is 1.08 bits per heavy atom. The summed E-state index contributed by atoms with van der Waals surface area (Å²) in [4.78, 5) is 14.2. The average molecular weight is 393 g/mol. The number of benzene rings is 1. The first kappa shape index (κ1) is 19.3. The van der Waals surface area contributed by atoms with Gasteiger partial charge in [-0.15, -0.1) is 0 Å². The highest BCUT2D eigenvalue weighted by Crippen LogP contribution is 2.27. The van der Waals surface area contributed by atoms with E-state index in [9.17, 15) is 13.2 Å². The van der Waals surface area contributed by atoms with Gasteiger partial charge in [-0.3, -0.25) is 9.10 Å². The second kappa shape index (κ2) is 8.41. The van der Waals surface area contributed by atoms with E-state index in [0.29, 0.717) is 15.7 Å². The minimum absolute atomic E-state index is 0.0151. The van der Waals surface area contributed by atoms with Crippen LogP contribution >= 0.6 is 23.2 Å². The molecule has 0 spiro atoms. The average Bonchev–Trinajstić information content (AvgIpc) is 2.73. The Morgan fingerprint density at radius 3 is 2.12 bits per heavy atom. The lowest BCUT2D eigenvalue weighted by atomic mass is 10.2.